The molecule has 5 rings (SSSR count). The van der Waals surface area contributed by atoms with E-state index in [2.05, 4.69) is 22.9 Å². The number of carbonyl (C=O) groups is 1. The van der Waals surface area contributed by atoms with Crippen molar-refractivity contribution in [3.05, 3.63) is 52.3 Å². The third-order valence-electron chi connectivity index (χ3n) is 8.44. The fourth-order valence-corrected chi connectivity index (χ4v) is 6.33. The quantitative estimate of drug-likeness (QED) is 0.712. The van der Waals surface area contributed by atoms with Gasteiger partial charge in [0.15, 0.2) is 0 Å². The van der Waals surface area contributed by atoms with Gasteiger partial charge in [0.1, 0.15) is 11.4 Å². The number of nitrogens with zero attached hydrogens (tertiary/aromatic N) is 2. The van der Waals surface area contributed by atoms with Crippen molar-refractivity contribution in [3.63, 3.8) is 0 Å². The number of hydrogen-bond acceptors (Lipinski definition) is 3. The van der Waals surface area contributed by atoms with E-state index in [4.69, 9.17) is 0 Å². The zero-order valence-electron chi connectivity index (χ0n) is 19.8. The number of carbonyl (C=O) groups excluding carboxylic acids is 1. The summed E-state index contributed by atoms with van der Waals surface area (Å²) in [5.74, 6) is 1.86. The summed E-state index contributed by atoms with van der Waals surface area (Å²) in [5, 5.41) is 10.3. The molecule has 1 saturated carbocycles. The summed E-state index contributed by atoms with van der Waals surface area (Å²) in [4.78, 5) is 21.3. The smallest absolute Gasteiger partial charge is 0.270 e. The largest absolute Gasteiger partial charge is 0.508 e. The molecule has 2 N–H and O–H groups in total. The van der Waals surface area contributed by atoms with E-state index in [0.717, 1.165) is 62.6 Å². The number of nitrogens with one attached hydrogen (secondary N) is 1. The van der Waals surface area contributed by atoms with Crippen LogP contribution in [0.1, 0.15) is 66.0 Å². The number of likely N-dealkylation sites (tertiary alicyclic amines) is 1. The lowest BCUT2D eigenvalue weighted by molar-refractivity contribution is 0.0764. The van der Waals surface area contributed by atoms with Crippen molar-refractivity contribution in [3.8, 4) is 5.75 Å². The normalized spacial score (nSPS) is 25.3. The number of rotatable bonds is 6. The summed E-state index contributed by atoms with van der Waals surface area (Å²) in [5.41, 5.74) is 5.77. The molecule has 2 fully saturated rings. The number of aromatic amines is 1. The summed E-state index contributed by atoms with van der Waals surface area (Å²) >= 11 is 0. The third kappa shape index (κ3) is 3.64. The highest BCUT2D eigenvalue weighted by Gasteiger charge is 2.49. The lowest BCUT2D eigenvalue weighted by Gasteiger charge is -2.51. The molecule has 0 bridgehead atoms. The summed E-state index contributed by atoms with van der Waals surface area (Å²) in [6, 6.07) is 7.93. The van der Waals surface area contributed by atoms with E-state index in [0.29, 0.717) is 11.7 Å². The predicted molar refractivity (Wildman–Crippen MR) is 127 cm³/mol. The van der Waals surface area contributed by atoms with Crippen molar-refractivity contribution in [2.45, 2.75) is 58.3 Å². The highest BCUT2D eigenvalue weighted by molar-refractivity contribution is 5.94. The molecule has 0 spiro atoms. The second-order valence-corrected chi connectivity index (χ2v) is 10.3. The molecule has 2 aromatic rings. The SMILES string of the molecule is CCN(CC)C(=O)c1[nH]c2c(c1C)CC1CN(CC3CC3)CCC1(c1cccc(O)c1)C2. The Morgan fingerprint density at radius 2 is 2.06 bits per heavy atom. The second kappa shape index (κ2) is 8.26. The summed E-state index contributed by atoms with van der Waals surface area (Å²) < 4.78 is 0. The number of phenolic OH excluding ortho intramolecular Hbond substituents is 1. The number of benzene rings is 1. The van der Waals surface area contributed by atoms with Gasteiger partial charge in [0.25, 0.3) is 5.91 Å². The molecule has 5 nitrogen and oxygen atoms in total. The van der Waals surface area contributed by atoms with Gasteiger partial charge in [-0.2, -0.15) is 0 Å². The van der Waals surface area contributed by atoms with Crippen LogP contribution in [0.25, 0.3) is 0 Å². The fraction of sp³-hybridized carbons (Fsp3) is 0.593. The van der Waals surface area contributed by atoms with Crippen LogP contribution in [0.15, 0.2) is 24.3 Å². The molecule has 3 aliphatic rings. The minimum atomic E-state index is 0.0125. The third-order valence-corrected chi connectivity index (χ3v) is 8.44. The predicted octanol–water partition coefficient (Wildman–Crippen LogP) is 4.28. The van der Waals surface area contributed by atoms with Crippen molar-refractivity contribution in [1.82, 2.24) is 14.8 Å². The summed E-state index contributed by atoms with van der Waals surface area (Å²) in [6.07, 6.45) is 5.79. The maximum Gasteiger partial charge on any atom is 0.270 e. The molecule has 1 aromatic heterocycles. The Labute approximate surface area is 191 Å². The summed E-state index contributed by atoms with van der Waals surface area (Å²) in [6.45, 7) is 11.1. The van der Waals surface area contributed by atoms with Crippen molar-refractivity contribution in [1.29, 1.82) is 0 Å². The molecule has 1 saturated heterocycles. The van der Waals surface area contributed by atoms with Crippen LogP contribution in [-0.2, 0) is 18.3 Å². The van der Waals surface area contributed by atoms with Gasteiger partial charge in [-0.1, -0.05) is 12.1 Å². The molecular weight excluding hydrogens is 398 g/mol. The standard InChI is InChI=1S/C27H37N3O2/c1-4-30(5-2)26(32)25-18(3)23-14-21-17-29(16-19-9-10-19)12-11-27(21,15-24(23)28-25)20-7-6-8-22(31)13-20/h6-8,13,19,21,28,31H,4-5,9-12,14-17H2,1-3H3. The van der Waals surface area contributed by atoms with E-state index < -0.39 is 0 Å². The van der Waals surface area contributed by atoms with Gasteiger partial charge in [0.05, 0.1) is 0 Å². The van der Waals surface area contributed by atoms with Gasteiger partial charge in [-0.3, -0.25) is 4.79 Å². The van der Waals surface area contributed by atoms with E-state index in [1.54, 1.807) is 6.07 Å². The topological polar surface area (TPSA) is 59.6 Å². The number of amides is 1. The lowest BCUT2D eigenvalue weighted by atomic mass is 9.58. The van der Waals surface area contributed by atoms with Crippen LogP contribution in [0.5, 0.6) is 5.75 Å². The van der Waals surface area contributed by atoms with Gasteiger partial charge < -0.3 is 19.9 Å². The van der Waals surface area contributed by atoms with Crippen molar-refractivity contribution < 1.29 is 9.90 Å². The zero-order valence-corrected chi connectivity index (χ0v) is 19.8. The number of hydrogen-bond donors (Lipinski definition) is 2. The Kier molecular flexibility index (Phi) is 5.56. The molecule has 2 aliphatic carbocycles. The van der Waals surface area contributed by atoms with Crippen LogP contribution >= 0.6 is 0 Å². The molecule has 32 heavy (non-hydrogen) atoms. The van der Waals surface area contributed by atoms with Crippen LogP contribution in [0.4, 0.5) is 0 Å². The Hall–Kier alpha value is -2.27. The number of aromatic hydroxyl groups is 1. The Morgan fingerprint density at radius 1 is 1.28 bits per heavy atom. The average Bonchev–Trinajstić information content (AvgIpc) is 3.55. The molecule has 2 heterocycles. The van der Waals surface area contributed by atoms with E-state index in [1.807, 2.05) is 30.9 Å². The molecule has 1 aromatic carbocycles. The second-order valence-electron chi connectivity index (χ2n) is 10.3. The first-order valence-corrected chi connectivity index (χ1v) is 12.5. The maximum absolute atomic E-state index is 13.2. The van der Waals surface area contributed by atoms with Crippen molar-refractivity contribution in [2.24, 2.45) is 11.8 Å². The van der Waals surface area contributed by atoms with E-state index in [-0.39, 0.29) is 11.3 Å². The van der Waals surface area contributed by atoms with Crippen LogP contribution < -0.4 is 0 Å². The number of H-pyrrole nitrogens is 1. The molecule has 1 aliphatic heterocycles. The molecule has 2 unspecified atom stereocenters. The van der Waals surface area contributed by atoms with Crippen LogP contribution in [0.3, 0.4) is 0 Å². The first kappa shape index (κ1) is 21.6. The average molecular weight is 436 g/mol. The highest BCUT2D eigenvalue weighted by atomic mass is 16.3. The molecule has 1 amide bonds. The van der Waals surface area contributed by atoms with E-state index in [1.165, 1.54) is 36.2 Å². The molecular formula is C27H37N3O2. The van der Waals surface area contributed by atoms with Gasteiger partial charge in [0, 0.05) is 37.3 Å². The number of piperidine rings is 1. The first-order chi connectivity index (χ1) is 15.4. The van der Waals surface area contributed by atoms with Crippen LogP contribution in [0, 0.1) is 18.8 Å². The first-order valence-electron chi connectivity index (χ1n) is 12.5. The van der Waals surface area contributed by atoms with Crippen molar-refractivity contribution >= 4 is 5.91 Å². The Balaban J connectivity index is 1.52. The highest BCUT2D eigenvalue weighted by Crippen LogP contribution is 2.49. The molecule has 172 valence electrons. The molecule has 0 radical (unpaired) electrons. The van der Waals surface area contributed by atoms with Gasteiger partial charge in [0.2, 0.25) is 0 Å². The number of aromatic nitrogens is 1. The monoisotopic (exact) mass is 435 g/mol. The van der Waals surface area contributed by atoms with Gasteiger partial charge in [-0.05, 0) is 100 Å². The molecule has 2 atom stereocenters. The number of phenols is 1. The minimum Gasteiger partial charge on any atom is -0.508 e. The van der Waals surface area contributed by atoms with E-state index >= 15 is 0 Å². The summed E-state index contributed by atoms with van der Waals surface area (Å²) in [7, 11) is 0. The van der Waals surface area contributed by atoms with Gasteiger partial charge in [-0.15, -0.1) is 0 Å². The van der Waals surface area contributed by atoms with Gasteiger partial charge >= 0.3 is 0 Å². The van der Waals surface area contributed by atoms with Crippen molar-refractivity contribution in [2.75, 3.05) is 32.7 Å². The fourth-order valence-electron chi connectivity index (χ4n) is 6.33. The maximum atomic E-state index is 13.2. The van der Waals surface area contributed by atoms with Crippen LogP contribution in [-0.4, -0.2) is 58.5 Å². The zero-order chi connectivity index (χ0) is 22.5. The lowest BCUT2D eigenvalue weighted by Crippen LogP contribution is -2.54. The van der Waals surface area contributed by atoms with Crippen LogP contribution in [0.2, 0.25) is 0 Å². The Morgan fingerprint density at radius 3 is 2.75 bits per heavy atom. The van der Waals surface area contributed by atoms with E-state index in [9.17, 15) is 9.90 Å². The Bertz CT molecular complexity index is 1000. The molecule has 5 heteroatoms. The minimum absolute atomic E-state index is 0.0125. The van der Waals surface area contributed by atoms with Gasteiger partial charge in [-0.25, -0.2) is 0 Å². The number of fused-ring (bicyclic) bond motifs is 2.